The quantitative estimate of drug-likeness (QED) is 0.468. The first-order valence-corrected chi connectivity index (χ1v) is 12.0. The van der Waals surface area contributed by atoms with Gasteiger partial charge in [-0.3, -0.25) is 9.69 Å². The standard InChI is InChI=1S/C24H34BrNO4/c25-20-11-9-19(10-12-20)18-30-22-14-13-21(26-15-5-1-2-6-16-26)24(22)29-17-7-3-4-8-23(27)28/h3,7,9-12,21-22,24H,1-2,4-6,8,13-18H2,(H,27,28)/b7-3-/t21-,22+,24+/m0/s1. The number of carboxylic acids is 1. The first-order chi connectivity index (χ1) is 14.6. The monoisotopic (exact) mass is 479 g/mol. The Bertz CT molecular complexity index is 670. The minimum atomic E-state index is -0.765. The highest BCUT2D eigenvalue weighted by Gasteiger charge is 2.40. The van der Waals surface area contributed by atoms with Gasteiger partial charge in [0.1, 0.15) is 0 Å². The summed E-state index contributed by atoms with van der Waals surface area (Å²) in [6.45, 7) is 3.41. The van der Waals surface area contributed by atoms with E-state index in [2.05, 4.69) is 33.0 Å². The predicted octanol–water partition coefficient (Wildman–Crippen LogP) is 5.18. The molecule has 1 aromatic carbocycles. The average Bonchev–Trinajstić information content (AvgIpc) is 2.94. The van der Waals surface area contributed by atoms with E-state index in [0.717, 1.165) is 30.4 Å². The van der Waals surface area contributed by atoms with Crippen molar-refractivity contribution < 1.29 is 19.4 Å². The highest BCUT2D eigenvalue weighted by molar-refractivity contribution is 9.10. The fraction of sp³-hybridized carbons (Fsp3) is 0.625. The molecule has 0 amide bonds. The number of ether oxygens (including phenoxy) is 2. The molecule has 0 spiro atoms. The second-order valence-electron chi connectivity index (χ2n) is 8.27. The van der Waals surface area contributed by atoms with Crippen molar-refractivity contribution in [2.24, 2.45) is 0 Å². The van der Waals surface area contributed by atoms with Crippen LogP contribution in [-0.4, -0.2) is 53.9 Å². The van der Waals surface area contributed by atoms with Gasteiger partial charge < -0.3 is 14.6 Å². The van der Waals surface area contributed by atoms with Gasteiger partial charge in [-0.05, 0) is 62.9 Å². The van der Waals surface area contributed by atoms with E-state index in [1.54, 1.807) is 0 Å². The van der Waals surface area contributed by atoms with Crippen LogP contribution in [0, 0.1) is 0 Å². The Hall–Kier alpha value is -1.21. The van der Waals surface area contributed by atoms with Gasteiger partial charge in [0, 0.05) is 16.9 Å². The molecule has 6 heteroatoms. The molecule has 2 fully saturated rings. The molecule has 0 unspecified atom stereocenters. The molecule has 5 nitrogen and oxygen atoms in total. The van der Waals surface area contributed by atoms with Gasteiger partial charge in [0.2, 0.25) is 0 Å². The number of likely N-dealkylation sites (tertiary alicyclic amines) is 1. The molecule has 3 atom stereocenters. The van der Waals surface area contributed by atoms with Gasteiger partial charge in [0.05, 0.1) is 25.4 Å². The molecule has 1 aromatic rings. The molecule has 1 heterocycles. The number of carboxylic acid groups (broad SMARTS) is 1. The number of carbonyl (C=O) groups is 1. The summed E-state index contributed by atoms with van der Waals surface area (Å²) >= 11 is 3.48. The van der Waals surface area contributed by atoms with Crippen LogP contribution in [0.2, 0.25) is 0 Å². The second-order valence-corrected chi connectivity index (χ2v) is 9.19. The molecule has 0 radical (unpaired) electrons. The van der Waals surface area contributed by atoms with Gasteiger partial charge in [-0.2, -0.15) is 0 Å². The molecule has 1 saturated carbocycles. The number of hydrogen-bond donors (Lipinski definition) is 1. The lowest BCUT2D eigenvalue weighted by Crippen LogP contribution is -2.45. The molecule has 1 saturated heterocycles. The minimum Gasteiger partial charge on any atom is -0.481 e. The lowest BCUT2D eigenvalue weighted by molar-refractivity contribution is -0.136. The molecule has 30 heavy (non-hydrogen) atoms. The van der Waals surface area contributed by atoms with Gasteiger partial charge >= 0.3 is 5.97 Å². The van der Waals surface area contributed by atoms with E-state index in [-0.39, 0.29) is 18.6 Å². The Morgan fingerprint density at radius 3 is 2.50 bits per heavy atom. The summed E-state index contributed by atoms with van der Waals surface area (Å²) in [5, 5.41) is 8.76. The number of aliphatic carboxylic acids is 1. The van der Waals surface area contributed by atoms with Crippen molar-refractivity contribution >= 4 is 21.9 Å². The van der Waals surface area contributed by atoms with Gasteiger partial charge in [0.25, 0.3) is 0 Å². The van der Waals surface area contributed by atoms with Gasteiger partial charge in [-0.1, -0.05) is 53.1 Å². The Kier molecular flexibility index (Phi) is 9.85. The normalized spacial score (nSPS) is 25.6. The molecule has 2 aliphatic rings. The first-order valence-electron chi connectivity index (χ1n) is 11.2. The highest BCUT2D eigenvalue weighted by Crippen LogP contribution is 2.32. The van der Waals surface area contributed by atoms with Crippen LogP contribution >= 0.6 is 15.9 Å². The van der Waals surface area contributed by atoms with Crippen molar-refractivity contribution in [2.45, 2.75) is 76.2 Å². The Morgan fingerprint density at radius 2 is 1.80 bits per heavy atom. The van der Waals surface area contributed by atoms with Crippen molar-refractivity contribution in [1.29, 1.82) is 0 Å². The molecule has 1 aliphatic heterocycles. The SMILES string of the molecule is O=C(O)CC/C=C\CO[C@H]1[C@H](OCc2ccc(Br)cc2)CC[C@@H]1N1CCCCCC1. The number of nitrogens with zero attached hydrogens (tertiary/aromatic N) is 1. The molecule has 1 aliphatic carbocycles. The van der Waals surface area contributed by atoms with Crippen LogP contribution in [0.25, 0.3) is 0 Å². The molecule has 166 valence electrons. The van der Waals surface area contributed by atoms with Crippen LogP contribution in [0.15, 0.2) is 40.9 Å². The predicted molar refractivity (Wildman–Crippen MR) is 122 cm³/mol. The summed E-state index contributed by atoms with van der Waals surface area (Å²) in [4.78, 5) is 13.3. The zero-order valence-electron chi connectivity index (χ0n) is 17.7. The van der Waals surface area contributed by atoms with E-state index in [0.29, 0.717) is 25.7 Å². The summed E-state index contributed by atoms with van der Waals surface area (Å²) in [6.07, 6.45) is 12.0. The smallest absolute Gasteiger partial charge is 0.303 e. The third-order valence-electron chi connectivity index (χ3n) is 6.06. The highest BCUT2D eigenvalue weighted by atomic mass is 79.9. The summed E-state index contributed by atoms with van der Waals surface area (Å²) in [5.41, 5.74) is 1.17. The maximum Gasteiger partial charge on any atom is 0.303 e. The van der Waals surface area contributed by atoms with E-state index < -0.39 is 5.97 Å². The van der Waals surface area contributed by atoms with E-state index >= 15 is 0 Å². The number of halogens is 1. The van der Waals surface area contributed by atoms with E-state index in [1.165, 1.54) is 31.2 Å². The Morgan fingerprint density at radius 1 is 1.07 bits per heavy atom. The zero-order chi connectivity index (χ0) is 21.2. The topological polar surface area (TPSA) is 59.0 Å². The maximum absolute atomic E-state index is 10.6. The molecule has 0 aromatic heterocycles. The van der Waals surface area contributed by atoms with E-state index in [9.17, 15) is 4.79 Å². The summed E-state index contributed by atoms with van der Waals surface area (Å²) in [6, 6.07) is 8.68. The number of hydrogen-bond acceptors (Lipinski definition) is 4. The third-order valence-corrected chi connectivity index (χ3v) is 6.58. The van der Waals surface area contributed by atoms with Crippen molar-refractivity contribution in [2.75, 3.05) is 19.7 Å². The van der Waals surface area contributed by atoms with Crippen molar-refractivity contribution in [3.63, 3.8) is 0 Å². The summed E-state index contributed by atoms with van der Waals surface area (Å²) < 4.78 is 13.7. The van der Waals surface area contributed by atoms with Gasteiger partial charge in [-0.25, -0.2) is 0 Å². The van der Waals surface area contributed by atoms with Crippen molar-refractivity contribution in [3.05, 3.63) is 46.5 Å². The molecule has 1 N–H and O–H groups in total. The number of rotatable bonds is 10. The molecule has 3 rings (SSSR count). The summed E-state index contributed by atoms with van der Waals surface area (Å²) in [7, 11) is 0. The first kappa shape index (κ1) is 23.5. The maximum atomic E-state index is 10.6. The van der Waals surface area contributed by atoms with Gasteiger partial charge in [0.15, 0.2) is 0 Å². The lowest BCUT2D eigenvalue weighted by Gasteiger charge is -2.33. The van der Waals surface area contributed by atoms with Crippen LogP contribution in [0.4, 0.5) is 0 Å². The van der Waals surface area contributed by atoms with Crippen LogP contribution in [0.3, 0.4) is 0 Å². The third kappa shape index (κ3) is 7.49. The lowest BCUT2D eigenvalue weighted by atomic mass is 10.1. The van der Waals surface area contributed by atoms with E-state index in [1.807, 2.05) is 24.3 Å². The Balaban J connectivity index is 1.57. The number of allylic oxidation sites excluding steroid dienone is 1. The fourth-order valence-corrected chi connectivity index (χ4v) is 4.73. The van der Waals surface area contributed by atoms with Crippen molar-refractivity contribution in [3.8, 4) is 0 Å². The van der Waals surface area contributed by atoms with Gasteiger partial charge in [-0.15, -0.1) is 0 Å². The van der Waals surface area contributed by atoms with Crippen LogP contribution < -0.4 is 0 Å². The van der Waals surface area contributed by atoms with Crippen LogP contribution in [0.1, 0.15) is 56.9 Å². The van der Waals surface area contributed by atoms with Crippen LogP contribution in [0.5, 0.6) is 0 Å². The summed E-state index contributed by atoms with van der Waals surface area (Å²) in [5.74, 6) is -0.765. The fourth-order valence-electron chi connectivity index (χ4n) is 4.47. The largest absolute Gasteiger partial charge is 0.481 e. The van der Waals surface area contributed by atoms with Crippen molar-refractivity contribution in [1.82, 2.24) is 4.90 Å². The number of benzene rings is 1. The molecule has 0 bridgehead atoms. The van der Waals surface area contributed by atoms with Crippen LogP contribution in [-0.2, 0) is 20.9 Å². The van der Waals surface area contributed by atoms with E-state index in [4.69, 9.17) is 14.6 Å². The average molecular weight is 480 g/mol. The minimum absolute atomic E-state index is 0.0580. The second kappa shape index (κ2) is 12.6. The molecular weight excluding hydrogens is 446 g/mol. The zero-order valence-corrected chi connectivity index (χ0v) is 19.3. The molecular formula is C24H34BrNO4. The Labute approximate surface area is 188 Å².